The van der Waals surface area contributed by atoms with Crippen LogP contribution in [0.4, 0.5) is 5.69 Å². The third-order valence-corrected chi connectivity index (χ3v) is 2.27. The van der Waals surface area contributed by atoms with Gasteiger partial charge in [0.2, 0.25) is 0 Å². The van der Waals surface area contributed by atoms with Crippen LogP contribution in [-0.2, 0) is 0 Å². The molecule has 4 nitrogen and oxygen atoms in total. The predicted octanol–water partition coefficient (Wildman–Crippen LogP) is 1.93. The number of hydrogen-bond donors (Lipinski definition) is 0. The molecule has 0 aromatic heterocycles. The number of methoxy groups -OCH3 is 2. The molecule has 80 valence electrons. The molecule has 0 unspecified atom stereocenters. The third-order valence-electron chi connectivity index (χ3n) is 2.27. The Morgan fingerprint density at radius 2 is 1.93 bits per heavy atom. The number of ether oxygens (including phenoxy) is 2. The Bertz CT molecular complexity index is 396. The van der Waals surface area contributed by atoms with E-state index in [9.17, 15) is 0 Å². The molecule has 0 aliphatic carbocycles. The van der Waals surface area contributed by atoms with E-state index in [1.54, 1.807) is 27.3 Å². The van der Waals surface area contributed by atoms with E-state index < -0.39 is 0 Å². The summed E-state index contributed by atoms with van der Waals surface area (Å²) in [6, 6.07) is 3.62. The summed E-state index contributed by atoms with van der Waals surface area (Å²) >= 11 is 0. The summed E-state index contributed by atoms with van der Waals surface area (Å²) in [4.78, 5) is 1.45. The standard InChI is InChI=1S/C11H14N2O2/c1-8-10(14-3)6-5-9(11(8)15-4)13(2)7-12/h5-6H,1-4H3. The lowest BCUT2D eigenvalue weighted by molar-refractivity contribution is 0.389. The van der Waals surface area contributed by atoms with Crippen molar-refractivity contribution in [3.63, 3.8) is 0 Å². The van der Waals surface area contributed by atoms with Gasteiger partial charge in [-0.2, -0.15) is 5.26 Å². The minimum Gasteiger partial charge on any atom is -0.496 e. The van der Waals surface area contributed by atoms with Crippen LogP contribution < -0.4 is 14.4 Å². The first-order chi connectivity index (χ1) is 7.15. The summed E-state index contributed by atoms with van der Waals surface area (Å²) < 4.78 is 10.4. The number of nitriles is 1. The number of anilines is 1. The Balaban J connectivity index is 3.32. The average Bonchev–Trinajstić information content (AvgIpc) is 2.27. The molecule has 1 aromatic carbocycles. The average molecular weight is 206 g/mol. The smallest absolute Gasteiger partial charge is 0.184 e. The van der Waals surface area contributed by atoms with E-state index in [0.717, 1.165) is 17.0 Å². The van der Waals surface area contributed by atoms with Gasteiger partial charge in [-0.3, -0.25) is 4.90 Å². The van der Waals surface area contributed by atoms with Gasteiger partial charge in [-0.1, -0.05) is 0 Å². The molecule has 0 amide bonds. The molecule has 0 bridgehead atoms. The maximum absolute atomic E-state index is 8.81. The highest BCUT2D eigenvalue weighted by Crippen LogP contribution is 2.36. The lowest BCUT2D eigenvalue weighted by Gasteiger charge is -2.17. The zero-order chi connectivity index (χ0) is 11.4. The van der Waals surface area contributed by atoms with Crippen LogP contribution in [0.15, 0.2) is 12.1 Å². The van der Waals surface area contributed by atoms with Crippen LogP contribution in [-0.4, -0.2) is 21.3 Å². The monoisotopic (exact) mass is 206 g/mol. The quantitative estimate of drug-likeness (QED) is 0.560. The van der Waals surface area contributed by atoms with Gasteiger partial charge >= 0.3 is 0 Å². The Kier molecular flexibility index (Phi) is 3.40. The van der Waals surface area contributed by atoms with Crippen molar-refractivity contribution < 1.29 is 9.47 Å². The summed E-state index contributed by atoms with van der Waals surface area (Å²) in [5.74, 6) is 1.42. The fourth-order valence-corrected chi connectivity index (χ4v) is 1.46. The minimum absolute atomic E-state index is 0.665. The zero-order valence-electron chi connectivity index (χ0n) is 9.37. The van der Waals surface area contributed by atoms with E-state index in [4.69, 9.17) is 14.7 Å². The fraction of sp³-hybridized carbons (Fsp3) is 0.364. The van der Waals surface area contributed by atoms with Crippen molar-refractivity contribution in [2.24, 2.45) is 0 Å². The number of nitrogens with zero attached hydrogens (tertiary/aromatic N) is 2. The Morgan fingerprint density at radius 1 is 1.27 bits per heavy atom. The van der Waals surface area contributed by atoms with E-state index in [2.05, 4.69) is 0 Å². The molecular weight excluding hydrogens is 192 g/mol. The first kappa shape index (κ1) is 11.2. The lowest BCUT2D eigenvalue weighted by atomic mass is 10.1. The second kappa shape index (κ2) is 4.56. The maximum Gasteiger partial charge on any atom is 0.184 e. The van der Waals surface area contributed by atoms with Gasteiger partial charge in [-0.15, -0.1) is 0 Å². The molecule has 0 atom stereocenters. The normalized spacial score (nSPS) is 9.27. The largest absolute Gasteiger partial charge is 0.496 e. The molecule has 0 saturated heterocycles. The predicted molar refractivity (Wildman–Crippen MR) is 58.3 cm³/mol. The molecule has 0 fully saturated rings. The highest BCUT2D eigenvalue weighted by atomic mass is 16.5. The second-order valence-corrected chi connectivity index (χ2v) is 3.10. The summed E-state index contributed by atoms with van der Waals surface area (Å²) in [6.07, 6.45) is 2.03. The first-order valence-electron chi connectivity index (χ1n) is 4.50. The van der Waals surface area contributed by atoms with Gasteiger partial charge in [0, 0.05) is 12.6 Å². The minimum atomic E-state index is 0.665. The molecule has 0 radical (unpaired) electrons. The van der Waals surface area contributed by atoms with Crippen LogP contribution in [0.3, 0.4) is 0 Å². The Hall–Kier alpha value is -1.89. The molecule has 0 saturated carbocycles. The van der Waals surface area contributed by atoms with E-state index in [1.165, 1.54) is 4.90 Å². The van der Waals surface area contributed by atoms with Crippen molar-refractivity contribution in [3.8, 4) is 17.7 Å². The SMILES string of the molecule is COc1ccc(N(C)C#N)c(OC)c1C. The summed E-state index contributed by atoms with van der Waals surface area (Å²) in [5, 5.41) is 8.81. The molecule has 1 aromatic rings. The van der Waals surface area contributed by atoms with E-state index in [-0.39, 0.29) is 0 Å². The number of benzene rings is 1. The van der Waals surface area contributed by atoms with Gasteiger partial charge in [-0.25, -0.2) is 0 Å². The van der Waals surface area contributed by atoms with Gasteiger partial charge in [0.05, 0.1) is 19.9 Å². The van der Waals surface area contributed by atoms with Crippen molar-refractivity contribution in [3.05, 3.63) is 17.7 Å². The molecule has 1 rings (SSSR count). The van der Waals surface area contributed by atoms with E-state index in [1.807, 2.05) is 19.2 Å². The van der Waals surface area contributed by atoms with E-state index >= 15 is 0 Å². The lowest BCUT2D eigenvalue weighted by Crippen LogP contribution is -2.10. The van der Waals surface area contributed by atoms with Crippen molar-refractivity contribution in [1.82, 2.24) is 0 Å². The van der Waals surface area contributed by atoms with Crippen LogP contribution >= 0.6 is 0 Å². The van der Waals surface area contributed by atoms with Gasteiger partial charge in [0.1, 0.15) is 11.5 Å². The van der Waals surface area contributed by atoms with Crippen molar-refractivity contribution >= 4 is 5.69 Å². The molecular formula is C11H14N2O2. The van der Waals surface area contributed by atoms with Gasteiger partial charge in [-0.05, 0) is 19.1 Å². The molecule has 0 aliphatic heterocycles. The van der Waals surface area contributed by atoms with Crippen molar-refractivity contribution in [2.45, 2.75) is 6.92 Å². The molecule has 0 aliphatic rings. The zero-order valence-corrected chi connectivity index (χ0v) is 9.37. The summed E-state index contributed by atoms with van der Waals surface area (Å²) in [7, 11) is 4.87. The third kappa shape index (κ3) is 1.96. The van der Waals surface area contributed by atoms with E-state index in [0.29, 0.717) is 5.75 Å². The fourth-order valence-electron chi connectivity index (χ4n) is 1.46. The van der Waals surface area contributed by atoms with Crippen molar-refractivity contribution in [2.75, 3.05) is 26.2 Å². The Labute approximate surface area is 89.6 Å². The van der Waals surface area contributed by atoms with Gasteiger partial charge in [0.15, 0.2) is 6.19 Å². The van der Waals surface area contributed by atoms with Crippen LogP contribution in [0.2, 0.25) is 0 Å². The Morgan fingerprint density at radius 3 is 2.40 bits per heavy atom. The summed E-state index contributed by atoms with van der Waals surface area (Å²) in [6.45, 7) is 1.90. The van der Waals surface area contributed by atoms with Crippen LogP contribution in [0, 0.1) is 18.4 Å². The number of rotatable bonds is 3. The highest BCUT2D eigenvalue weighted by molar-refractivity contribution is 5.66. The van der Waals surface area contributed by atoms with Crippen LogP contribution in [0.25, 0.3) is 0 Å². The molecule has 4 heteroatoms. The summed E-state index contributed by atoms with van der Waals surface area (Å²) in [5.41, 5.74) is 1.62. The topological polar surface area (TPSA) is 45.5 Å². The van der Waals surface area contributed by atoms with Crippen LogP contribution in [0.1, 0.15) is 5.56 Å². The maximum atomic E-state index is 8.81. The second-order valence-electron chi connectivity index (χ2n) is 3.10. The van der Waals surface area contributed by atoms with Crippen LogP contribution in [0.5, 0.6) is 11.5 Å². The van der Waals surface area contributed by atoms with Gasteiger partial charge in [0.25, 0.3) is 0 Å². The molecule has 0 heterocycles. The number of hydrogen-bond acceptors (Lipinski definition) is 4. The van der Waals surface area contributed by atoms with Crippen molar-refractivity contribution in [1.29, 1.82) is 5.26 Å². The molecule has 0 spiro atoms. The first-order valence-corrected chi connectivity index (χ1v) is 4.50. The highest BCUT2D eigenvalue weighted by Gasteiger charge is 2.13. The van der Waals surface area contributed by atoms with Gasteiger partial charge < -0.3 is 9.47 Å². The molecule has 15 heavy (non-hydrogen) atoms. The molecule has 0 N–H and O–H groups in total.